The molecule has 0 saturated carbocycles. The van der Waals surface area contributed by atoms with E-state index >= 15 is 0 Å². The van der Waals surface area contributed by atoms with Crippen LogP contribution in [0.25, 0.3) is 17.7 Å². The number of carbonyl (C=O) groups excluding carboxylic acids is 1. The average Bonchev–Trinajstić information content (AvgIpc) is 3.00. The molecule has 0 radical (unpaired) electrons. The predicted molar refractivity (Wildman–Crippen MR) is 123 cm³/mol. The molecule has 5 nitrogen and oxygen atoms in total. The summed E-state index contributed by atoms with van der Waals surface area (Å²) < 4.78 is 17.4. The number of aliphatic hydroxyl groups excluding tert-OH is 1. The molecule has 3 heterocycles. The molecule has 0 aliphatic carbocycles. The van der Waals surface area contributed by atoms with Gasteiger partial charge in [-0.2, -0.15) is 0 Å². The Balaban J connectivity index is 1.47. The highest BCUT2D eigenvalue weighted by Crippen LogP contribution is 2.38. The van der Waals surface area contributed by atoms with Crippen LogP contribution in [0.4, 0.5) is 0 Å². The van der Waals surface area contributed by atoms with Gasteiger partial charge in [-0.3, -0.25) is 0 Å². The van der Waals surface area contributed by atoms with Crippen molar-refractivity contribution in [3.05, 3.63) is 76.2 Å². The Morgan fingerprint density at radius 3 is 2.59 bits per heavy atom. The molecule has 0 spiro atoms. The fraction of sp³-hybridized carbons (Fsp3) is 0.296. The van der Waals surface area contributed by atoms with Crippen molar-refractivity contribution < 1.29 is 24.1 Å². The summed E-state index contributed by atoms with van der Waals surface area (Å²) in [5, 5.41) is 10.8. The number of rotatable bonds is 2. The molecule has 2 aromatic carbocycles. The van der Waals surface area contributed by atoms with Gasteiger partial charge in [-0.15, -0.1) is 0 Å². The number of aliphatic hydroxyl groups is 1. The Morgan fingerprint density at radius 1 is 1.00 bits per heavy atom. The molecule has 0 aromatic heterocycles. The Hall–Kier alpha value is -3.47. The fourth-order valence-corrected chi connectivity index (χ4v) is 4.23. The highest BCUT2D eigenvalue weighted by molar-refractivity contribution is 6.21. The van der Waals surface area contributed by atoms with Crippen molar-refractivity contribution in [3.63, 3.8) is 0 Å². The Kier molecular flexibility index (Phi) is 4.48. The molecule has 3 aliphatic rings. The van der Waals surface area contributed by atoms with Crippen LogP contribution in [0.1, 0.15) is 56.4 Å². The van der Waals surface area contributed by atoms with E-state index in [9.17, 15) is 9.90 Å². The van der Waals surface area contributed by atoms with Crippen molar-refractivity contribution in [2.75, 3.05) is 0 Å². The van der Waals surface area contributed by atoms with E-state index < -0.39 is 5.97 Å². The first-order valence-corrected chi connectivity index (χ1v) is 10.8. The van der Waals surface area contributed by atoms with Gasteiger partial charge in [0.05, 0.1) is 0 Å². The number of ether oxygens (including phenoxy) is 3. The van der Waals surface area contributed by atoms with E-state index in [1.165, 1.54) is 0 Å². The van der Waals surface area contributed by atoms with Gasteiger partial charge in [0.2, 0.25) is 0 Å². The Bertz CT molecular complexity index is 1230. The molecular formula is C27H26O5. The average molecular weight is 431 g/mol. The van der Waals surface area contributed by atoms with Crippen LogP contribution in [0.5, 0.6) is 11.5 Å². The summed E-state index contributed by atoms with van der Waals surface area (Å²) in [5.74, 6) is 1.03. The van der Waals surface area contributed by atoms with E-state index in [2.05, 4.69) is 13.8 Å². The molecule has 32 heavy (non-hydrogen) atoms. The van der Waals surface area contributed by atoms with Gasteiger partial charge in [0.15, 0.2) is 11.5 Å². The van der Waals surface area contributed by atoms with Crippen LogP contribution >= 0.6 is 0 Å². The number of cyclic esters (lactones) is 1. The van der Waals surface area contributed by atoms with Crippen molar-refractivity contribution in [2.45, 2.75) is 51.7 Å². The first kappa shape index (κ1) is 20.4. The summed E-state index contributed by atoms with van der Waals surface area (Å²) in [4.78, 5) is 12.6. The van der Waals surface area contributed by atoms with E-state index in [0.717, 1.165) is 41.0 Å². The highest BCUT2D eigenvalue weighted by Gasteiger charge is 2.32. The smallest absolute Gasteiger partial charge is 0.348 e. The maximum atomic E-state index is 12.6. The second-order valence-electron chi connectivity index (χ2n) is 9.64. The summed E-state index contributed by atoms with van der Waals surface area (Å²) >= 11 is 0. The lowest BCUT2D eigenvalue weighted by molar-refractivity contribution is -0.131. The van der Waals surface area contributed by atoms with E-state index in [1.54, 1.807) is 12.1 Å². The molecule has 3 aliphatic heterocycles. The van der Waals surface area contributed by atoms with Crippen molar-refractivity contribution in [1.82, 2.24) is 0 Å². The molecule has 5 heteroatoms. The number of hydrogen-bond acceptors (Lipinski definition) is 5. The topological polar surface area (TPSA) is 65.0 Å². The highest BCUT2D eigenvalue weighted by atomic mass is 16.6. The van der Waals surface area contributed by atoms with Crippen molar-refractivity contribution in [2.24, 2.45) is 0 Å². The van der Waals surface area contributed by atoms with Crippen LogP contribution < -0.4 is 9.47 Å². The van der Waals surface area contributed by atoms with Crippen molar-refractivity contribution in [3.8, 4) is 11.5 Å². The summed E-state index contributed by atoms with van der Waals surface area (Å²) in [6.07, 6.45) is 7.45. The van der Waals surface area contributed by atoms with Crippen molar-refractivity contribution >= 4 is 23.7 Å². The first-order chi connectivity index (χ1) is 15.1. The van der Waals surface area contributed by atoms with Crippen molar-refractivity contribution in [1.29, 1.82) is 0 Å². The number of fused-ring (bicyclic) bond motifs is 2. The van der Waals surface area contributed by atoms with Gasteiger partial charge < -0.3 is 19.3 Å². The number of aryl methyl sites for hydroxylation is 1. The zero-order valence-corrected chi connectivity index (χ0v) is 18.7. The Morgan fingerprint density at radius 2 is 1.78 bits per heavy atom. The standard InChI is InChI=1S/C27H26O5/c1-26(2)11-9-17-13-16(5-7-20(17)31-26)14-22-24(28)23(25(29)30-22)19-6-8-21-18(15-19)10-12-27(3,4)32-21/h5-8,10,12-15,28H,9,11H2,1-4H3/b22-14-. The quantitative estimate of drug-likeness (QED) is 0.606. The maximum absolute atomic E-state index is 12.6. The van der Waals surface area contributed by atoms with Gasteiger partial charge >= 0.3 is 5.97 Å². The molecule has 2 aromatic rings. The van der Waals surface area contributed by atoms with Crippen LogP contribution in [0.3, 0.4) is 0 Å². The van der Waals surface area contributed by atoms with Gasteiger partial charge in [-0.1, -0.05) is 18.2 Å². The molecule has 164 valence electrons. The summed E-state index contributed by atoms with van der Waals surface area (Å²) in [5.41, 5.74) is 2.99. The normalized spacial score (nSPS) is 21.5. The number of hydrogen-bond donors (Lipinski definition) is 1. The molecular weight excluding hydrogens is 404 g/mol. The van der Waals surface area contributed by atoms with Crippen LogP contribution in [-0.2, 0) is 16.0 Å². The number of esters is 1. The lowest BCUT2D eigenvalue weighted by Gasteiger charge is -2.32. The molecule has 5 rings (SSSR count). The largest absolute Gasteiger partial charge is 0.504 e. The summed E-state index contributed by atoms with van der Waals surface area (Å²) in [6.45, 7) is 8.12. The van der Waals surface area contributed by atoms with Crippen LogP contribution in [0, 0.1) is 0 Å². The lowest BCUT2D eigenvalue weighted by atomic mass is 9.93. The van der Waals surface area contributed by atoms with Crippen LogP contribution in [0.15, 0.2) is 54.0 Å². The third-order valence-electron chi connectivity index (χ3n) is 5.98. The minimum absolute atomic E-state index is 0.146. The fourth-order valence-electron chi connectivity index (χ4n) is 4.23. The summed E-state index contributed by atoms with van der Waals surface area (Å²) in [6, 6.07) is 11.2. The Labute approximate surface area is 187 Å². The van der Waals surface area contributed by atoms with Gasteiger partial charge in [0.1, 0.15) is 28.3 Å². The third-order valence-corrected chi connectivity index (χ3v) is 5.98. The zero-order chi connectivity index (χ0) is 22.7. The molecule has 0 atom stereocenters. The first-order valence-electron chi connectivity index (χ1n) is 10.8. The summed E-state index contributed by atoms with van der Waals surface area (Å²) in [7, 11) is 0. The second kappa shape index (κ2) is 7.02. The maximum Gasteiger partial charge on any atom is 0.348 e. The third kappa shape index (κ3) is 3.68. The minimum atomic E-state index is -0.571. The monoisotopic (exact) mass is 430 g/mol. The van der Waals surface area contributed by atoms with E-state index in [4.69, 9.17) is 14.2 Å². The molecule has 0 bridgehead atoms. The molecule has 0 saturated heterocycles. The van der Waals surface area contributed by atoms with E-state index in [1.807, 2.05) is 56.3 Å². The molecule has 0 fully saturated rings. The minimum Gasteiger partial charge on any atom is -0.504 e. The van der Waals surface area contributed by atoms with Crippen LogP contribution in [0.2, 0.25) is 0 Å². The van der Waals surface area contributed by atoms with Gasteiger partial charge in [-0.05, 0) is 93.6 Å². The second-order valence-corrected chi connectivity index (χ2v) is 9.64. The lowest BCUT2D eigenvalue weighted by Crippen LogP contribution is -2.32. The molecule has 0 amide bonds. The van der Waals surface area contributed by atoms with Gasteiger partial charge in [-0.25, -0.2) is 4.79 Å². The van der Waals surface area contributed by atoms with Gasteiger partial charge in [0, 0.05) is 5.56 Å². The zero-order valence-electron chi connectivity index (χ0n) is 18.7. The predicted octanol–water partition coefficient (Wildman–Crippen LogP) is 5.84. The number of carbonyl (C=O) groups is 1. The van der Waals surface area contributed by atoms with E-state index in [0.29, 0.717) is 5.56 Å². The van der Waals surface area contributed by atoms with Crippen LogP contribution in [-0.4, -0.2) is 22.3 Å². The molecule has 1 N–H and O–H groups in total. The van der Waals surface area contributed by atoms with Gasteiger partial charge in [0.25, 0.3) is 0 Å². The molecule has 0 unspecified atom stereocenters. The SMILES string of the molecule is CC1(C)C=Cc2cc(C3=C(O)/C(=C/c4ccc5c(c4)CCC(C)(C)O5)OC3=O)ccc2O1. The number of benzene rings is 2. The van der Waals surface area contributed by atoms with E-state index in [-0.39, 0.29) is 28.3 Å².